The zero-order chi connectivity index (χ0) is 13.2. The third kappa shape index (κ3) is 2.28. The van der Waals surface area contributed by atoms with E-state index in [9.17, 15) is 5.11 Å². The molecule has 0 amide bonds. The van der Waals surface area contributed by atoms with Crippen LogP contribution in [0.4, 0.5) is 11.5 Å². The Morgan fingerprint density at radius 1 is 1.50 bits per heavy atom. The first-order valence-electron chi connectivity index (χ1n) is 6.47. The molecular weight excluding hydrogens is 230 g/mol. The summed E-state index contributed by atoms with van der Waals surface area (Å²) in [5.41, 5.74) is 6.41. The van der Waals surface area contributed by atoms with Crippen LogP contribution in [0.5, 0.6) is 0 Å². The summed E-state index contributed by atoms with van der Waals surface area (Å²) in [6.45, 7) is 2.74. The fourth-order valence-corrected chi connectivity index (χ4v) is 2.56. The number of aliphatic hydroxyl groups excluding tert-OH is 1. The van der Waals surface area contributed by atoms with Crippen LogP contribution in [0, 0.1) is 0 Å². The standard InChI is InChI=1S/C13H21N3O2/c1-2-11-10(14)4-5-12(15-11)16-8-3-6-13(16,18)7-9-17/h4-5,17-18H,2-3,6-9,14H2,1H3. The highest BCUT2D eigenvalue weighted by atomic mass is 16.3. The molecule has 5 heteroatoms. The topological polar surface area (TPSA) is 82.6 Å². The summed E-state index contributed by atoms with van der Waals surface area (Å²) < 4.78 is 0. The second kappa shape index (κ2) is 5.12. The Hall–Kier alpha value is -1.33. The molecule has 1 aromatic heterocycles. The van der Waals surface area contributed by atoms with Gasteiger partial charge in [-0.1, -0.05) is 6.92 Å². The minimum atomic E-state index is -0.969. The minimum Gasteiger partial charge on any atom is -0.397 e. The van der Waals surface area contributed by atoms with Gasteiger partial charge in [0.15, 0.2) is 0 Å². The molecule has 2 heterocycles. The van der Waals surface area contributed by atoms with E-state index in [1.54, 1.807) is 0 Å². The Morgan fingerprint density at radius 3 is 2.94 bits per heavy atom. The fourth-order valence-electron chi connectivity index (χ4n) is 2.56. The number of pyridine rings is 1. The van der Waals surface area contributed by atoms with Gasteiger partial charge in [0.1, 0.15) is 11.5 Å². The van der Waals surface area contributed by atoms with Crippen LogP contribution >= 0.6 is 0 Å². The summed E-state index contributed by atoms with van der Waals surface area (Å²) in [5, 5.41) is 19.6. The predicted octanol–water partition coefficient (Wildman–Crippen LogP) is 0.897. The lowest BCUT2D eigenvalue weighted by atomic mass is 10.1. The summed E-state index contributed by atoms with van der Waals surface area (Å²) in [4.78, 5) is 6.39. The van der Waals surface area contributed by atoms with Gasteiger partial charge < -0.3 is 20.8 Å². The monoisotopic (exact) mass is 251 g/mol. The van der Waals surface area contributed by atoms with Crippen molar-refractivity contribution in [3.63, 3.8) is 0 Å². The van der Waals surface area contributed by atoms with Crippen molar-refractivity contribution in [2.45, 2.75) is 38.3 Å². The highest BCUT2D eigenvalue weighted by molar-refractivity contribution is 5.52. The van der Waals surface area contributed by atoms with Crippen LogP contribution < -0.4 is 10.6 Å². The first-order chi connectivity index (χ1) is 8.60. The molecule has 2 rings (SSSR count). The molecule has 0 aromatic carbocycles. The summed E-state index contributed by atoms with van der Waals surface area (Å²) >= 11 is 0. The molecule has 1 aromatic rings. The SMILES string of the molecule is CCc1nc(N2CCCC2(O)CCO)ccc1N. The van der Waals surface area contributed by atoms with Gasteiger partial charge in [-0.15, -0.1) is 0 Å². The van der Waals surface area contributed by atoms with Gasteiger partial charge in [-0.3, -0.25) is 0 Å². The zero-order valence-electron chi connectivity index (χ0n) is 10.8. The average molecular weight is 251 g/mol. The molecule has 1 aliphatic rings. The van der Waals surface area contributed by atoms with Crippen molar-refractivity contribution >= 4 is 11.5 Å². The van der Waals surface area contributed by atoms with Gasteiger partial charge in [-0.25, -0.2) is 4.98 Å². The highest BCUT2D eigenvalue weighted by Crippen LogP contribution is 2.34. The van der Waals surface area contributed by atoms with Crippen molar-refractivity contribution in [1.82, 2.24) is 4.98 Å². The molecule has 1 aliphatic heterocycles. The molecule has 0 spiro atoms. The van der Waals surface area contributed by atoms with Gasteiger partial charge in [-0.05, 0) is 31.4 Å². The lowest BCUT2D eigenvalue weighted by Crippen LogP contribution is -2.45. The van der Waals surface area contributed by atoms with E-state index in [2.05, 4.69) is 4.98 Å². The number of hydrogen-bond acceptors (Lipinski definition) is 5. The van der Waals surface area contributed by atoms with E-state index in [0.29, 0.717) is 18.5 Å². The van der Waals surface area contributed by atoms with Crippen LogP contribution in [-0.4, -0.2) is 34.1 Å². The number of aryl methyl sites for hydroxylation is 1. The van der Waals surface area contributed by atoms with Crippen molar-refractivity contribution in [3.05, 3.63) is 17.8 Å². The van der Waals surface area contributed by atoms with Gasteiger partial charge in [0.2, 0.25) is 0 Å². The normalized spacial score (nSPS) is 23.6. The van der Waals surface area contributed by atoms with E-state index < -0.39 is 5.72 Å². The van der Waals surface area contributed by atoms with E-state index in [-0.39, 0.29) is 6.61 Å². The van der Waals surface area contributed by atoms with E-state index >= 15 is 0 Å². The van der Waals surface area contributed by atoms with E-state index in [0.717, 1.165) is 30.9 Å². The molecule has 1 fully saturated rings. The van der Waals surface area contributed by atoms with Crippen LogP contribution in [0.3, 0.4) is 0 Å². The molecule has 0 radical (unpaired) electrons. The lowest BCUT2D eigenvalue weighted by Gasteiger charge is -2.34. The number of aliphatic hydroxyl groups is 2. The van der Waals surface area contributed by atoms with Crippen LogP contribution in [0.15, 0.2) is 12.1 Å². The number of hydrogen-bond donors (Lipinski definition) is 3. The minimum absolute atomic E-state index is 0.0252. The number of nitrogens with zero attached hydrogens (tertiary/aromatic N) is 2. The Morgan fingerprint density at radius 2 is 2.28 bits per heavy atom. The first kappa shape index (κ1) is 13.1. The maximum absolute atomic E-state index is 10.5. The van der Waals surface area contributed by atoms with Crippen LogP contribution in [0.2, 0.25) is 0 Å². The molecule has 1 unspecified atom stereocenters. The lowest BCUT2D eigenvalue weighted by molar-refractivity contribution is 0.0251. The molecule has 18 heavy (non-hydrogen) atoms. The number of rotatable bonds is 4. The van der Waals surface area contributed by atoms with Crippen molar-refractivity contribution in [2.75, 3.05) is 23.8 Å². The Kier molecular flexibility index (Phi) is 3.73. The summed E-state index contributed by atoms with van der Waals surface area (Å²) in [6.07, 6.45) is 2.69. The Bertz CT molecular complexity index is 425. The number of anilines is 2. The summed E-state index contributed by atoms with van der Waals surface area (Å²) in [5.74, 6) is 0.745. The van der Waals surface area contributed by atoms with Gasteiger partial charge >= 0.3 is 0 Å². The second-order valence-corrected chi connectivity index (χ2v) is 4.77. The highest BCUT2D eigenvalue weighted by Gasteiger charge is 2.39. The van der Waals surface area contributed by atoms with Crippen LogP contribution in [0.1, 0.15) is 31.9 Å². The molecule has 100 valence electrons. The number of nitrogens with two attached hydrogens (primary N) is 1. The number of nitrogen functional groups attached to an aromatic ring is 1. The van der Waals surface area contributed by atoms with Crippen molar-refractivity contribution in [3.8, 4) is 0 Å². The van der Waals surface area contributed by atoms with E-state index in [4.69, 9.17) is 10.8 Å². The quantitative estimate of drug-likeness (QED) is 0.740. The molecule has 4 N–H and O–H groups in total. The maximum atomic E-state index is 10.5. The zero-order valence-corrected chi connectivity index (χ0v) is 10.8. The molecule has 0 aliphatic carbocycles. The van der Waals surface area contributed by atoms with Crippen molar-refractivity contribution in [2.24, 2.45) is 0 Å². The maximum Gasteiger partial charge on any atom is 0.141 e. The number of aromatic nitrogens is 1. The Labute approximate surface area is 107 Å². The molecule has 1 saturated heterocycles. The molecule has 0 saturated carbocycles. The molecular formula is C13H21N3O2. The van der Waals surface area contributed by atoms with Crippen molar-refractivity contribution < 1.29 is 10.2 Å². The van der Waals surface area contributed by atoms with Crippen molar-refractivity contribution in [1.29, 1.82) is 0 Å². The van der Waals surface area contributed by atoms with Crippen LogP contribution in [0.25, 0.3) is 0 Å². The molecule has 0 bridgehead atoms. The van der Waals surface area contributed by atoms with Gasteiger partial charge in [0, 0.05) is 19.6 Å². The Balaban J connectivity index is 2.30. The fraction of sp³-hybridized carbons (Fsp3) is 0.615. The predicted molar refractivity (Wildman–Crippen MR) is 71.3 cm³/mol. The summed E-state index contributed by atoms with van der Waals surface area (Å²) in [7, 11) is 0. The van der Waals surface area contributed by atoms with Gasteiger partial charge in [0.25, 0.3) is 0 Å². The third-order valence-corrected chi connectivity index (χ3v) is 3.58. The third-order valence-electron chi connectivity index (χ3n) is 3.58. The van der Waals surface area contributed by atoms with E-state index in [1.807, 2.05) is 24.0 Å². The second-order valence-electron chi connectivity index (χ2n) is 4.77. The molecule has 1 atom stereocenters. The smallest absolute Gasteiger partial charge is 0.141 e. The average Bonchev–Trinajstić information content (AvgIpc) is 2.72. The van der Waals surface area contributed by atoms with E-state index in [1.165, 1.54) is 0 Å². The van der Waals surface area contributed by atoms with Gasteiger partial charge in [0.05, 0.1) is 11.4 Å². The summed E-state index contributed by atoms with van der Waals surface area (Å²) in [6, 6.07) is 3.67. The molecule has 5 nitrogen and oxygen atoms in total. The largest absolute Gasteiger partial charge is 0.397 e. The van der Waals surface area contributed by atoms with Crippen LogP contribution in [-0.2, 0) is 6.42 Å². The first-order valence-corrected chi connectivity index (χ1v) is 6.47. The van der Waals surface area contributed by atoms with Gasteiger partial charge in [-0.2, -0.15) is 0 Å².